The average Bonchev–Trinajstić information content (AvgIpc) is 2.78. The summed E-state index contributed by atoms with van der Waals surface area (Å²) in [6.45, 7) is 3.71. The van der Waals surface area contributed by atoms with Crippen LogP contribution in [0.1, 0.15) is 25.1 Å². The van der Waals surface area contributed by atoms with Crippen molar-refractivity contribution in [2.45, 2.75) is 26.0 Å². The molecule has 0 atom stereocenters. The van der Waals surface area contributed by atoms with Crippen molar-refractivity contribution in [2.24, 2.45) is 0 Å². The Morgan fingerprint density at radius 2 is 2.00 bits per heavy atom. The quantitative estimate of drug-likeness (QED) is 0.665. The molecule has 7 heteroatoms. The van der Waals surface area contributed by atoms with Crippen LogP contribution < -0.4 is 0 Å². The second kappa shape index (κ2) is 4.77. The Labute approximate surface area is 109 Å². The fourth-order valence-electron chi connectivity index (χ4n) is 1.57. The van der Waals surface area contributed by atoms with E-state index in [-0.39, 0.29) is 5.69 Å². The van der Waals surface area contributed by atoms with Gasteiger partial charge in [0.05, 0.1) is 17.7 Å². The monoisotopic (exact) mass is 262 g/mol. The van der Waals surface area contributed by atoms with Gasteiger partial charge >= 0.3 is 0 Å². The Balaban J connectivity index is 2.13. The predicted molar refractivity (Wildman–Crippen MR) is 67.5 cm³/mol. The standard InChI is InChI=1S/C12H14N4O3/c1-12(2,17)11-8-15(14-13-11)7-9-3-5-10(6-4-9)16(18)19/h3-6,8,17H,7H2,1-2H3. The zero-order chi connectivity index (χ0) is 14.0. The Morgan fingerprint density at radius 1 is 1.37 bits per heavy atom. The number of nitro groups is 1. The Kier molecular flexibility index (Phi) is 3.30. The van der Waals surface area contributed by atoms with Crippen LogP contribution in [0.25, 0.3) is 0 Å². The number of non-ortho nitro benzene ring substituents is 1. The fraction of sp³-hybridized carbons (Fsp3) is 0.333. The van der Waals surface area contributed by atoms with E-state index in [9.17, 15) is 15.2 Å². The molecule has 0 fully saturated rings. The number of nitrogens with zero attached hydrogens (tertiary/aromatic N) is 4. The molecule has 2 rings (SSSR count). The average molecular weight is 262 g/mol. The van der Waals surface area contributed by atoms with Crippen molar-refractivity contribution in [2.75, 3.05) is 0 Å². The first-order valence-corrected chi connectivity index (χ1v) is 5.72. The fourth-order valence-corrected chi connectivity index (χ4v) is 1.57. The van der Waals surface area contributed by atoms with Gasteiger partial charge in [0.2, 0.25) is 0 Å². The highest BCUT2D eigenvalue weighted by molar-refractivity contribution is 5.32. The normalized spacial score (nSPS) is 11.5. The summed E-state index contributed by atoms with van der Waals surface area (Å²) in [6.07, 6.45) is 1.65. The lowest BCUT2D eigenvalue weighted by Crippen LogP contribution is -2.15. The molecule has 0 radical (unpaired) electrons. The molecule has 100 valence electrons. The minimum Gasteiger partial charge on any atom is -0.384 e. The number of aromatic nitrogens is 3. The van der Waals surface area contributed by atoms with Crippen molar-refractivity contribution in [3.05, 3.63) is 51.8 Å². The van der Waals surface area contributed by atoms with E-state index < -0.39 is 10.5 Å². The van der Waals surface area contributed by atoms with Crippen molar-refractivity contribution in [1.29, 1.82) is 0 Å². The number of rotatable bonds is 4. The Hall–Kier alpha value is -2.28. The van der Waals surface area contributed by atoms with E-state index in [1.54, 1.807) is 36.9 Å². The van der Waals surface area contributed by atoms with Gasteiger partial charge in [-0.05, 0) is 19.4 Å². The van der Waals surface area contributed by atoms with Gasteiger partial charge in [-0.1, -0.05) is 17.3 Å². The van der Waals surface area contributed by atoms with E-state index in [1.807, 2.05) is 0 Å². The van der Waals surface area contributed by atoms with E-state index in [0.717, 1.165) is 5.56 Å². The van der Waals surface area contributed by atoms with E-state index in [1.165, 1.54) is 12.1 Å². The topological polar surface area (TPSA) is 94.1 Å². The lowest BCUT2D eigenvalue weighted by Gasteiger charge is -2.11. The van der Waals surface area contributed by atoms with Gasteiger partial charge in [0.1, 0.15) is 11.3 Å². The van der Waals surface area contributed by atoms with Crippen LogP contribution in [-0.2, 0) is 12.1 Å². The molecule has 2 aromatic rings. The van der Waals surface area contributed by atoms with E-state index in [2.05, 4.69) is 10.3 Å². The van der Waals surface area contributed by atoms with Crippen LogP contribution in [0.4, 0.5) is 5.69 Å². The van der Waals surface area contributed by atoms with Crippen molar-refractivity contribution in [3.63, 3.8) is 0 Å². The van der Waals surface area contributed by atoms with Crippen LogP contribution in [-0.4, -0.2) is 25.0 Å². The highest BCUT2D eigenvalue weighted by atomic mass is 16.6. The molecule has 1 aromatic carbocycles. The van der Waals surface area contributed by atoms with Crippen molar-refractivity contribution in [3.8, 4) is 0 Å². The van der Waals surface area contributed by atoms with Crippen LogP contribution in [0.15, 0.2) is 30.5 Å². The van der Waals surface area contributed by atoms with Gasteiger partial charge < -0.3 is 5.11 Å². The molecule has 0 saturated heterocycles. The summed E-state index contributed by atoms with van der Waals surface area (Å²) in [5.74, 6) is 0. The number of hydrogen-bond acceptors (Lipinski definition) is 5. The summed E-state index contributed by atoms with van der Waals surface area (Å²) in [4.78, 5) is 10.1. The molecule has 0 saturated carbocycles. The summed E-state index contributed by atoms with van der Waals surface area (Å²) in [7, 11) is 0. The van der Waals surface area contributed by atoms with Crippen LogP contribution in [0.3, 0.4) is 0 Å². The summed E-state index contributed by atoms with van der Waals surface area (Å²) < 4.78 is 1.58. The van der Waals surface area contributed by atoms with Crippen LogP contribution in [0, 0.1) is 10.1 Å². The summed E-state index contributed by atoms with van der Waals surface area (Å²) in [6, 6.07) is 6.24. The van der Waals surface area contributed by atoms with Crippen molar-refractivity contribution < 1.29 is 10.0 Å². The molecule has 1 aromatic heterocycles. The zero-order valence-electron chi connectivity index (χ0n) is 10.6. The van der Waals surface area contributed by atoms with Gasteiger partial charge in [0.15, 0.2) is 0 Å². The third kappa shape index (κ3) is 3.14. The third-order valence-corrected chi connectivity index (χ3v) is 2.66. The first kappa shape index (κ1) is 13.2. The molecule has 1 N–H and O–H groups in total. The maximum Gasteiger partial charge on any atom is 0.269 e. The van der Waals surface area contributed by atoms with Crippen molar-refractivity contribution in [1.82, 2.24) is 15.0 Å². The maximum atomic E-state index is 10.5. The number of nitro benzene ring substituents is 1. The molecule has 1 heterocycles. The minimum absolute atomic E-state index is 0.0551. The van der Waals surface area contributed by atoms with Crippen LogP contribution >= 0.6 is 0 Å². The largest absolute Gasteiger partial charge is 0.384 e. The third-order valence-electron chi connectivity index (χ3n) is 2.66. The molecule has 0 spiro atoms. The molecule has 19 heavy (non-hydrogen) atoms. The maximum absolute atomic E-state index is 10.5. The molecule has 0 unspecified atom stereocenters. The number of hydrogen-bond donors (Lipinski definition) is 1. The van der Waals surface area contributed by atoms with Gasteiger partial charge in [-0.3, -0.25) is 10.1 Å². The van der Waals surface area contributed by atoms with E-state index >= 15 is 0 Å². The summed E-state index contributed by atoms with van der Waals surface area (Å²) in [5.41, 5.74) is 0.375. The minimum atomic E-state index is -1.03. The molecule has 0 aliphatic rings. The van der Waals surface area contributed by atoms with Gasteiger partial charge in [0.25, 0.3) is 5.69 Å². The van der Waals surface area contributed by atoms with E-state index in [0.29, 0.717) is 12.2 Å². The molecule has 0 aliphatic carbocycles. The Morgan fingerprint density at radius 3 is 2.47 bits per heavy atom. The highest BCUT2D eigenvalue weighted by Crippen LogP contribution is 2.17. The molecular formula is C12H14N4O3. The van der Waals surface area contributed by atoms with Gasteiger partial charge in [-0.2, -0.15) is 0 Å². The van der Waals surface area contributed by atoms with Gasteiger partial charge in [0, 0.05) is 12.1 Å². The first-order chi connectivity index (χ1) is 8.86. The smallest absolute Gasteiger partial charge is 0.269 e. The summed E-state index contributed by atoms with van der Waals surface area (Å²) >= 11 is 0. The summed E-state index contributed by atoms with van der Waals surface area (Å²) in [5, 5.41) is 28.1. The SMILES string of the molecule is CC(C)(O)c1cn(Cc2ccc([N+](=O)[O-])cc2)nn1. The number of aliphatic hydroxyl groups is 1. The number of benzene rings is 1. The van der Waals surface area contributed by atoms with Gasteiger partial charge in [-0.15, -0.1) is 5.10 Å². The molecule has 0 bridgehead atoms. The second-order valence-corrected chi connectivity index (χ2v) is 4.78. The van der Waals surface area contributed by atoms with E-state index in [4.69, 9.17) is 0 Å². The molecule has 0 aliphatic heterocycles. The molecular weight excluding hydrogens is 248 g/mol. The predicted octanol–water partition coefficient (Wildman–Crippen LogP) is 1.46. The highest BCUT2D eigenvalue weighted by Gasteiger charge is 2.20. The lowest BCUT2D eigenvalue weighted by molar-refractivity contribution is -0.384. The van der Waals surface area contributed by atoms with Crippen LogP contribution in [0.2, 0.25) is 0 Å². The zero-order valence-corrected chi connectivity index (χ0v) is 10.6. The second-order valence-electron chi connectivity index (χ2n) is 4.78. The van der Waals surface area contributed by atoms with Gasteiger partial charge in [-0.25, -0.2) is 4.68 Å². The lowest BCUT2D eigenvalue weighted by atomic mass is 10.1. The molecule has 0 amide bonds. The van der Waals surface area contributed by atoms with Crippen molar-refractivity contribution >= 4 is 5.69 Å². The first-order valence-electron chi connectivity index (χ1n) is 5.72. The van der Waals surface area contributed by atoms with Crippen LogP contribution in [0.5, 0.6) is 0 Å². The Bertz CT molecular complexity index is 584. The molecule has 7 nitrogen and oxygen atoms in total.